The molecule has 0 atom stereocenters. The van der Waals surface area contributed by atoms with Crippen LogP contribution in [0.3, 0.4) is 0 Å². The molecule has 0 saturated carbocycles. The zero-order valence-corrected chi connectivity index (χ0v) is 12.1. The van der Waals surface area contributed by atoms with Gasteiger partial charge in [-0.25, -0.2) is 9.59 Å². The first-order valence-corrected chi connectivity index (χ1v) is 6.73. The van der Waals surface area contributed by atoms with Crippen LogP contribution in [0.4, 0.5) is 0 Å². The summed E-state index contributed by atoms with van der Waals surface area (Å²) in [6.07, 6.45) is 2.96. The first-order valence-electron chi connectivity index (χ1n) is 6.73. The van der Waals surface area contributed by atoms with Crippen molar-refractivity contribution in [3.63, 3.8) is 0 Å². The Kier molecular flexibility index (Phi) is 3.29. The van der Waals surface area contributed by atoms with E-state index < -0.39 is 17.7 Å². The van der Waals surface area contributed by atoms with Gasteiger partial charge in [0.2, 0.25) is 0 Å². The van der Waals surface area contributed by atoms with Gasteiger partial charge in [0, 0.05) is 25.0 Å². The summed E-state index contributed by atoms with van der Waals surface area (Å²) in [5.41, 5.74) is 2.05. The molecule has 6 heteroatoms. The lowest BCUT2D eigenvalue weighted by molar-refractivity contribution is -0.222. The molecule has 1 fully saturated rings. The average Bonchev–Trinajstić information content (AvgIpc) is 2.91. The normalized spacial score (nSPS) is 16.9. The Labute approximate surface area is 126 Å². The molecule has 1 aromatic heterocycles. The van der Waals surface area contributed by atoms with Crippen molar-refractivity contribution in [2.75, 3.05) is 0 Å². The van der Waals surface area contributed by atoms with Crippen molar-refractivity contribution in [3.05, 3.63) is 47.7 Å². The highest BCUT2D eigenvalue weighted by Crippen LogP contribution is 2.27. The number of esters is 2. The van der Waals surface area contributed by atoms with Gasteiger partial charge in [0.25, 0.3) is 5.79 Å². The van der Waals surface area contributed by atoms with E-state index in [1.54, 1.807) is 0 Å². The molecule has 1 aromatic carbocycles. The maximum atomic E-state index is 12.0. The lowest BCUT2D eigenvalue weighted by Crippen LogP contribution is -2.41. The molecule has 2 heterocycles. The van der Waals surface area contributed by atoms with E-state index in [0.29, 0.717) is 11.3 Å². The highest BCUT2D eigenvalue weighted by atomic mass is 16.7. The van der Waals surface area contributed by atoms with Crippen molar-refractivity contribution in [2.24, 2.45) is 0 Å². The topological polar surface area (TPSA) is 81.3 Å². The lowest BCUT2D eigenvalue weighted by Gasteiger charge is -2.29. The number of cyclic esters (lactones) is 2. The summed E-state index contributed by atoms with van der Waals surface area (Å²) in [5.74, 6) is -2.66. The van der Waals surface area contributed by atoms with Gasteiger partial charge in [-0.05, 0) is 6.08 Å². The zero-order chi connectivity index (χ0) is 15.7. The molecule has 0 bridgehead atoms. The van der Waals surface area contributed by atoms with E-state index in [0.717, 1.165) is 5.56 Å². The Hall–Kier alpha value is -2.89. The predicted molar refractivity (Wildman–Crippen MR) is 78.3 cm³/mol. The van der Waals surface area contributed by atoms with Crippen molar-refractivity contribution in [1.82, 2.24) is 10.2 Å². The number of nitrogens with zero attached hydrogens (tertiary/aromatic N) is 1. The van der Waals surface area contributed by atoms with Crippen LogP contribution in [0.15, 0.2) is 42.1 Å². The third-order valence-corrected chi connectivity index (χ3v) is 3.15. The van der Waals surface area contributed by atoms with Crippen molar-refractivity contribution in [1.29, 1.82) is 0 Å². The molecule has 1 aliphatic heterocycles. The number of nitrogens with one attached hydrogen (secondary N) is 1. The number of H-pyrrole nitrogens is 1. The summed E-state index contributed by atoms with van der Waals surface area (Å²) in [7, 11) is 0. The quantitative estimate of drug-likeness (QED) is 0.522. The van der Waals surface area contributed by atoms with Crippen molar-refractivity contribution < 1.29 is 19.1 Å². The smallest absolute Gasteiger partial charge is 0.348 e. The molecule has 2 aromatic rings. The van der Waals surface area contributed by atoms with Gasteiger partial charge in [0.05, 0.1) is 11.9 Å². The summed E-state index contributed by atoms with van der Waals surface area (Å²) in [5, 5.41) is 6.83. The number of carbonyl (C=O) groups is 2. The average molecular weight is 298 g/mol. The molecule has 1 N–H and O–H groups in total. The van der Waals surface area contributed by atoms with Crippen LogP contribution in [0.5, 0.6) is 0 Å². The van der Waals surface area contributed by atoms with Crippen LogP contribution in [-0.4, -0.2) is 27.9 Å². The standard InChI is InChI=1S/C16H14N2O4/c1-16(2)21-14(19)12(15(20)22-16)8-11-9-17-18-13(11)10-6-4-3-5-7-10/h3-9H,1-2H3,(H,17,18). The molecule has 1 aliphatic rings. The van der Waals surface area contributed by atoms with Gasteiger partial charge < -0.3 is 9.47 Å². The van der Waals surface area contributed by atoms with E-state index in [9.17, 15) is 9.59 Å². The fraction of sp³-hybridized carbons (Fsp3) is 0.188. The molecule has 6 nitrogen and oxygen atoms in total. The van der Waals surface area contributed by atoms with E-state index in [-0.39, 0.29) is 5.57 Å². The second-order valence-electron chi connectivity index (χ2n) is 5.30. The van der Waals surface area contributed by atoms with E-state index in [2.05, 4.69) is 10.2 Å². The maximum absolute atomic E-state index is 12.0. The molecule has 0 unspecified atom stereocenters. The van der Waals surface area contributed by atoms with Gasteiger partial charge in [0.1, 0.15) is 5.57 Å². The number of carbonyl (C=O) groups excluding carboxylic acids is 2. The van der Waals surface area contributed by atoms with Crippen LogP contribution in [0.1, 0.15) is 19.4 Å². The first kappa shape index (κ1) is 14.1. The zero-order valence-electron chi connectivity index (χ0n) is 12.1. The van der Waals surface area contributed by atoms with Gasteiger partial charge in [-0.15, -0.1) is 0 Å². The highest BCUT2D eigenvalue weighted by Gasteiger charge is 2.39. The Morgan fingerprint density at radius 3 is 2.36 bits per heavy atom. The summed E-state index contributed by atoms with van der Waals surface area (Å²) in [6.45, 7) is 3.01. The van der Waals surface area contributed by atoms with Gasteiger partial charge in [0.15, 0.2) is 0 Å². The summed E-state index contributed by atoms with van der Waals surface area (Å²) in [6, 6.07) is 9.47. The van der Waals surface area contributed by atoms with Gasteiger partial charge in [-0.2, -0.15) is 5.10 Å². The van der Waals surface area contributed by atoms with Gasteiger partial charge in [-0.1, -0.05) is 30.3 Å². The molecular formula is C16H14N2O4. The van der Waals surface area contributed by atoms with E-state index in [4.69, 9.17) is 9.47 Å². The van der Waals surface area contributed by atoms with E-state index >= 15 is 0 Å². The van der Waals surface area contributed by atoms with E-state index in [1.807, 2.05) is 30.3 Å². The fourth-order valence-electron chi connectivity index (χ4n) is 2.17. The third kappa shape index (κ3) is 2.63. The maximum Gasteiger partial charge on any atom is 0.348 e. The molecule has 0 aliphatic carbocycles. The number of rotatable bonds is 2. The fourth-order valence-corrected chi connectivity index (χ4v) is 2.17. The van der Waals surface area contributed by atoms with Crippen molar-refractivity contribution in [3.8, 4) is 11.3 Å². The first-order chi connectivity index (χ1) is 10.5. The molecule has 0 spiro atoms. The molecule has 0 radical (unpaired) electrons. The number of hydrogen-bond acceptors (Lipinski definition) is 5. The van der Waals surface area contributed by atoms with Crippen molar-refractivity contribution >= 4 is 18.0 Å². The monoisotopic (exact) mass is 298 g/mol. The summed E-state index contributed by atoms with van der Waals surface area (Å²) in [4.78, 5) is 23.9. The Morgan fingerprint density at radius 1 is 1.09 bits per heavy atom. The Bertz CT molecular complexity index is 737. The highest BCUT2D eigenvalue weighted by molar-refractivity contribution is 6.19. The molecular weight excluding hydrogens is 284 g/mol. The van der Waals surface area contributed by atoms with Crippen LogP contribution in [0.2, 0.25) is 0 Å². The number of ether oxygens (including phenoxy) is 2. The minimum atomic E-state index is -1.25. The molecule has 3 rings (SSSR count). The third-order valence-electron chi connectivity index (χ3n) is 3.15. The number of aromatic nitrogens is 2. The van der Waals surface area contributed by atoms with Crippen LogP contribution >= 0.6 is 0 Å². The number of aromatic amines is 1. The Balaban J connectivity index is 1.99. The molecule has 22 heavy (non-hydrogen) atoms. The lowest BCUT2D eigenvalue weighted by atomic mass is 10.1. The van der Waals surface area contributed by atoms with Crippen LogP contribution in [0.25, 0.3) is 17.3 Å². The summed E-state index contributed by atoms with van der Waals surface area (Å²) < 4.78 is 10.1. The molecule has 0 amide bonds. The largest absolute Gasteiger partial charge is 0.419 e. The second-order valence-corrected chi connectivity index (χ2v) is 5.30. The van der Waals surface area contributed by atoms with Gasteiger partial charge in [-0.3, -0.25) is 5.10 Å². The number of benzene rings is 1. The van der Waals surface area contributed by atoms with Gasteiger partial charge >= 0.3 is 11.9 Å². The number of hydrogen-bond donors (Lipinski definition) is 1. The van der Waals surface area contributed by atoms with E-state index in [1.165, 1.54) is 26.1 Å². The van der Waals surface area contributed by atoms with Crippen LogP contribution < -0.4 is 0 Å². The SMILES string of the molecule is CC1(C)OC(=O)C(=Cc2cn[nH]c2-c2ccccc2)C(=O)O1. The molecule has 112 valence electrons. The minimum Gasteiger partial charge on any atom is -0.419 e. The van der Waals surface area contributed by atoms with Crippen LogP contribution in [-0.2, 0) is 19.1 Å². The second kappa shape index (κ2) is 5.14. The predicted octanol–water partition coefficient (Wildman–Crippen LogP) is 2.30. The molecule has 1 saturated heterocycles. The van der Waals surface area contributed by atoms with Crippen molar-refractivity contribution in [2.45, 2.75) is 19.6 Å². The summed E-state index contributed by atoms with van der Waals surface area (Å²) >= 11 is 0. The van der Waals surface area contributed by atoms with Crippen LogP contribution in [0, 0.1) is 0 Å². The minimum absolute atomic E-state index is 0.155. The Morgan fingerprint density at radius 2 is 1.73 bits per heavy atom.